The number of nitrogens with zero attached hydrogens (tertiary/aromatic N) is 2. The van der Waals surface area contributed by atoms with Crippen molar-refractivity contribution in [2.45, 2.75) is 37.9 Å². The van der Waals surface area contributed by atoms with E-state index >= 15 is 0 Å². The van der Waals surface area contributed by atoms with Crippen molar-refractivity contribution >= 4 is 40.4 Å². The van der Waals surface area contributed by atoms with Crippen molar-refractivity contribution in [3.05, 3.63) is 23.2 Å². The van der Waals surface area contributed by atoms with Gasteiger partial charge in [0.1, 0.15) is 0 Å². The molecular weight excluding hydrogens is 308 g/mol. The third-order valence-electron chi connectivity index (χ3n) is 4.20. The van der Waals surface area contributed by atoms with Crippen molar-refractivity contribution in [1.82, 2.24) is 9.55 Å². The molecule has 112 valence electrons. The summed E-state index contributed by atoms with van der Waals surface area (Å²) < 4.78 is 2.14. The number of thioether (sulfide) groups is 1. The van der Waals surface area contributed by atoms with E-state index in [1.165, 1.54) is 24.6 Å². The quantitative estimate of drug-likeness (QED) is 0.814. The van der Waals surface area contributed by atoms with Crippen molar-refractivity contribution in [3.63, 3.8) is 0 Å². The SMILES string of the molecule is CCC1(Cn2c(SCC(=O)O)nc3ccc(Cl)cc32)CC1. The number of carboxylic acid groups (broad SMARTS) is 1. The molecule has 0 atom stereocenters. The van der Waals surface area contributed by atoms with Crippen molar-refractivity contribution < 1.29 is 9.90 Å². The van der Waals surface area contributed by atoms with E-state index in [4.69, 9.17) is 16.7 Å². The van der Waals surface area contributed by atoms with Crippen LogP contribution in [0.1, 0.15) is 26.2 Å². The smallest absolute Gasteiger partial charge is 0.313 e. The normalized spacial score (nSPS) is 16.3. The van der Waals surface area contributed by atoms with Gasteiger partial charge in [0.05, 0.1) is 16.8 Å². The lowest BCUT2D eigenvalue weighted by molar-refractivity contribution is -0.133. The molecule has 0 spiro atoms. The van der Waals surface area contributed by atoms with Crippen LogP contribution in [0.2, 0.25) is 5.02 Å². The highest BCUT2D eigenvalue weighted by Gasteiger charge is 2.41. The number of hydrogen-bond donors (Lipinski definition) is 1. The summed E-state index contributed by atoms with van der Waals surface area (Å²) in [5, 5.41) is 10.3. The molecule has 1 fully saturated rings. The second-order valence-corrected chi connectivity index (χ2v) is 7.03. The summed E-state index contributed by atoms with van der Waals surface area (Å²) in [6.07, 6.45) is 3.59. The maximum Gasteiger partial charge on any atom is 0.313 e. The van der Waals surface area contributed by atoms with Crippen LogP contribution in [-0.4, -0.2) is 26.4 Å². The lowest BCUT2D eigenvalue weighted by Gasteiger charge is -2.16. The molecule has 1 aliphatic carbocycles. The van der Waals surface area contributed by atoms with Crippen LogP contribution in [0.4, 0.5) is 0 Å². The molecule has 0 radical (unpaired) electrons. The summed E-state index contributed by atoms with van der Waals surface area (Å²) in [4.78, 5) is 15.4. The highest BCUT2D eigenvalue weighted by atomic mass is 35.5. The number of fused-ring (bicyclic) bond motifs is 1. The Bertz CT molecular complexity index is 694. The molecule has 21 heavy (non-hydrogen) atoms. The summed E-state index contributed by atoms with van der Waals surface area (Å²) >= 11 is 7.38. The number of imidazole rings is 1. The minimum Gasteiger partial charge on any atom is -0.481 e. The fourth-order valence-electron chi connectivity index (χ4n) is 2.60. The molecule has 1 aromatic heterocycles. The largest absolute Gasteiger partial charge is 0.481 e. The zero-order valence-corrected chi connectivity index (χ0v) is 13.4. The molecule has 2 aromatic rings. The summed E-state index contributed by atoms with van der Waals surface area (Å²) in [5.41, 5.74) is 2.23. The van der Waals surface area contributed by atoms with Crippen molar-refractivity contribution in [2.24, 2.45) is 5.41 Å². The van der Waals surface area contributed by atoms with Gasteiger partial charge in [0, 0.05) is 11.6 Å². The van der Waals surface area contributed by atoms with Gasteiger partial charge in [-0.2, -0.15) is 0 Å². The zero-order valence-electron chi connectivity index (χ0n) is 11.8. The molecule has 0 bridgehead atoms. The Hall–Kier alpha value is -1.20. The fourth-order valence-corrected chi connectivity index (χ4v) is 3.50. The molecule has 1 N–H and O–H groups in total. The van der Waals surface area contributed by atoms with Crippen molar-refractivity contribution in [1.29, 1.82) is 0 Å². The highest BCUT2D eigenvalue weighted by molar-refractivity contribution is 7.99. The highest BCUT2D eigenvalue weighted by Crippen LogP contribution is 2.51. The summed E-state index contributed by atoms with van der Waals surface area (Å²) in [6.45, 7) is 3.10. The Morgan fingerprint density at radius 2 is 2.29 bits per heavy atom. The van der Waals surface area contributed by atoms with Crippen LogP contribution in [0.3, 0.4) is 0 Å². The van der Waals surface area contributed by atoms with E-state index in [0.29, 0.717) is 10.4 Å². The van der Waals surface area contributed by atoms with Crippen LogP contribution >= 0.6 is 23.4 Å². The van der Waals surface area contributed by atoms with E-state index in [2.05, 4.69) is 16.5 Å². The topological polar surface area (TPSA) is 55.1 Å². The molecular formula is C15H17ClN2O2S. The first-order valence-electron chi connectivity index (χ1n) is 7.03. The number of hydrogen-bond acceptors (Lipinski definition) is 3. The molecule has 1 saturated carbocycles. The fraction of sp³-hybridized carbons (Fsp3) is 0.467. The van der Waals surface area contributed by atoms with E-state index < -0.39 is 5.97 Å². The van der Waals surface area contributed by atoms with Crippen molar-refractivity contribution in [2.75, 3.05) is 5.75 Å². The molecule has 0 amide bonds. The van der Waals surface area contributed by atoms with Crippen LogP contribution in [0.25, 0.3) is 11.0 Å². The lowest BCUT2D eigenvalue weighted by Crippen LogP contribution is -2.12. The zero-order chi connectivity index (χ0) is 15.0. The van der Waals surface area contributed by atoms with E-state index in [0.717, 1.165) is 29.2 Å². The summed E-state index contributed by atoms with van der Waals surface area (Å²) in [6, 6.07) is 5.63. The third kappa shape index (κ3) is 3.04. The molecule has 6 heteroatoms. The summed E-state index contributed by atoms with van der Waals surface area (Å²) in [5.74, 6) is -0.802. The Kier molecular flexibility index (Phi) is 3.88. The van der Waals surface area contributed by atoms with Crippen LogP contribution < -0.4 is 0 Å². The van der Waals surface area contributed by atoms with E-state index in [1.807, 2.05) is 18.2 Å². The molecule has 1 aromatic carbocycles. The Morgan fingerprint density at radius 1 is 1.52 bits per heavy atom. The van der Waals surface area contributed by atoms with Gasteiger partial charge in [-0.25, -0.2) is 4.98 Å². The minimum absolute atomic E-state index is 0.0240. The van der Waals surface area contributed by atoms with E-state index in [9.17, 15) is 4.79 Å². The molecule has 4 nitrogen and oxygen atoms in total. The monoisotopic (exact) mass is 324 g/mol. The van der Waals surface area contributed by atoms with Gasteiger partial charge < -0.3 is 9.67 Å². The van der Waals surface area contributed by atoms with Gasteiger partial charge in [-0.15, -0.1) is 0 Å². The summed E-state index contributed by atoms with van der Waals surface area (Å²) in [7, 11) is 0. The molecule has 0 saturated heterocycles. The van der Waals surface area contributed by atoms with Crippen molar-refractivity contribution in [3.8, 4) is 0 Å². The average Bonchev–Trinajstić information content (AvgIpc) is 3.15. The number of rotatable bonds is 6. The van der Waals surface area contributed by atoms with Gasteiger partial charge >= 0.3 is 5.97 Å². The second kappa shape index (κ2) is 5.54. The first-order valence-corrected chi connectivity index (χ1v) is 8.40. The van der Waals surface area contributed by atoms with Crippen LogP contribution in [0.15, 0.2) is 23.4 Å². The average molecular weight is 325 g/mol. The Labute approximate surface area is 132 Å². The van der Waals surface area contributed by atoms with Crippen LogP contribution in [0, 0.1) is 5.41 Å². The first-order chi connectivity index (χ1) is 10.0. The van der Waals surface area contributed by atoms with Crippen LogP contribution in [0.5, 0.6) is 0 Å². The Balaban J connectivity index is 2.01. The maximum absolute atomic E-state index is 10.8. The Morgan fingerprint density at radius 3 is 2.90 bits per heavy atom. The van der Waals surface area contributed by atoms with E-state index in [-0.39, 0.29) is 5.75 Å². The standard InChI is InChI=1S/C15H17ClN2O2S/c1-2-15(5-6-15)9-18-12-7-10(16)3-4-11(12)17-14(18)21-8-13(19)20/h3-4,7H,2,5-6,8-9H2,1H3,(H,19,20). The molecule has 1 heterocycles. The molecule has 0 aliphatic heterocycles. The maximum atomic E-state index is 10.8. The second-order valence-electron chi connectivity index (χ2n) is 5.65. The van der Waals surface area contributed by atoms with Gasteiger partial charge in [0.2, 0.25) is 0 Å². The van der Waals surface area contributed by atoms with Gasteiger partial charge in [0.15, 0.2) is 5.16 Å². The van der Waals surface area contributed by atoms with Gasteiger partial charge in [-0.1, -0.05) is 30.3 Å². The molecule has 3 rings (SSSR count). The first kappa shape index (κ1) is 14.7. The number of aliphatic carboxylic acids is 1. The molecule has 1 aliphatic rings. The number of carboxylic acids is 1. The van der Waals surface area contributed by atoms with E-state index in [1.54, 1.807) is 0 Å². The van der Waals surface area contributed by atoms with Gasteiger partial charge in [0.25, 0.3) is 0 Å². The lowest BCUT2D eigenvalue weighted by atomic mass is 10.0. The predicted octanol–water partition coefficient (Wildman–Crippen LogP) is 4.06. The third-order valence-corrected chi connectivity index (χ3v) is 5.40. The predicted molar refractivity (Wildman–Crippen MR) is 85.1 cm³/mol. The number of aromatic nitrogens is 2. The van der Waals surface area contributed by atoms with Gasteiger partial charge in [-0.3, -0.25) is 4.79 Å². The molecule has 0 unspecified atom stereocenters. The number of benzene rings is 1. The van der Waals surface area contributed by atoms with Crippen LogP contribution in [-0.2, 0) is 11.3 Å². The number of carbonyl (C=O) groups is 1. The number of halogens is 1. The minimum atomic E-state index is -0.826. The van der Waals surface area contributed by atoms with Gasteiger partial charge in [-0.05, 0) is 42.9 Å².